The first-order valence-corrected chi connectivity index (χ1v) is 10.2. The Morgan fingerprint density at radius 2 is 2.17 bits per heavy atom. The smallest absolute Gasteiger partial charge is 0.273 e. The number of hydroxylamine groups is 2. The van der Waals surface area contributed by atoms with Crippen molar-refractivity contribution in [2.75, 3.05) is 26.2 Å². The highest BCUT2D eigenvalue weighted by molar-refractivity contribution is 6.05. The molecule has 2 amide bonds. The molecule has 0 spiro atoms. The van der Waals surface area contributed by atoms with Gasteiger partial charge >= 0.3 is 0 Å². The Balaban J connectivity index is 1.88. The van der Waals surface area contributed by atoms with Gasteiger partial charge in [0.1, 0.15) is 5.84 Å². The van der Waals surface area contributed by atoms with Crippen LogP contribution >= 0.6 is 0 Å². The highest BCUT2D eigenvalue weighted by atomic mass is 16.7. The number of aromatic nitrogens is 1. The largest absolute Gasteiger partial charge is 0.387 e. The third-order valence-electron chi connectivity index (χ3n) is 5.01. The minimum absolute atomic E-state index is 0.0478. The molecule has 0 bridgehead atoms. The molecule has 0 unspecified atom stereocenters. The van der Waals surface area contributed by atoms with Gasteiger partial charge < -0.3 is 10.6 Å². The van der Waals surface area contributed by atoms with Crippen LogP contribution < -0.4 is 5.73 Å². The fourth-order valence-electron chi connectivity index (χ4n) is 3.57. The van der Waals surface area contributed by atoms with Gasteiger partial charge in [0.05, 0.1) is 23.6 Å². The normalized spacial score (nSPS) is 18.6. The SMILES string of the molecule is CCCN(OCC)C(=O)C1=Cc2ncc(C(=O)N3CC[C@H](C)C3)cc2N=C(N)C1. The molecule has 3 rings (SSSR count). The maximum Gasteiger partial charge on any atom is 0.273 e. The molecule has 1 saturated heterocycles. The van der Waals surface area contributed by atoms with Crippen LogP contribution in [-0.2, 0) is 9.63 Å². The molecule has 1 aromatic heterocycles. The fraction of sp³-hybridized carbons (Fsp3) is 0.524. The van der Waals surface area contributed by atoms with E-state index in [0.29, 0.717) is 47.4 Å². The number of likely N-dealkylation sites (tertiary alicyclic amines) is 1. The Bertz CT molecular complexity index is 843. The van der Waals surface area contributed by atoms with E-state index in [1.165, 1.54) is 5.06 Å². The quantitative estimate of drug-likeness (QED) is 0.741. The van der Waals surface area contributed by atoms with E-state index in [9.17, 15) is 9.59 Å². The van der Waals surface area contributed by atoms with Crippen molar-refractivity contribution < 1.29 is 14.4 Å². The minimum Gasteiger partial charge on any atom is -0.387 e. The first-order chi connectivity index (χ1) is 13.9. The summed E-state index contributed by atoms with van der Waals surface area (Å²) in [6.07, 6.45) is 5.23. The number of nitrogens with zero attached hydrogens (tertiary/aromatic N) is 4. The monoisotopic (exact) mass is 399 g/mol. The van der Waals surface area contributed by atoms with Crippen LogP contribution in [0.1, 0.15) is 56.1 Å². The zero-order valence-corrected chi connectivity index (χ0v) is 17.4. The van der Waals surface area contributed by atoms with Gasteiger partial charge in [-0.1, -0.05) is 13.8 Å². The Morgan fingerprint density at radius 3 is 2.83 bits per heavy atom. The standard InChI is InChI=1S/C21H29N5O3/c1-4-7-26(29-5-2)21(28)15-9-17-18(24-19(22)11-15)10-16(12-23-17)20(27)25-8-6-14(3)13-25/h9-10,12,14H,4-8,11,13H2,1-3H3,(H2,22,24)/t14-/m0/s1. The molecule has 156 valence electrons. The number of carbonyl (C=O) groups excluding carboxylic acids is 2. The number of amides is 2. The summed E-state index contributed by atoms with van der Waals surface area (Å²) < 4.78 is 0. The molecule has 0 aromatic carbocycles. The number of pyridine rings is 1. The van der Waals surface area contributed by atoms with Gasteiger partial charge in [-0.3, -0.25) is 19.4 Å². The number of amidine groups is 1. The number of aliphatic imine (C=N–C) groups is 1. The van der Waals surface area contributed by atoms with Crippen LogP contribution in [0.3, 0.4) is 0 Å². The van der Waals surface area contributed by atoms with Crippen molar-refractivity contribution in [3.8, 4) is 0 Å². The molecule has 2 N–H and O–H groups in total. The molecule has 1 atom stereocenters. The van der Waals surface area contributed by atoms with E-state index < -0.39 is 0 Å². The van der Waals surface area contributed by atoms with E-state index >= 15 is 0 Å². The summed E-state index contributed by atoms with van der Waals surface area (Å²) in [5, 5.41) is 1.36. The van der Waals surface area contributed by atoms with Crippen LogP contribution in [0, 0.1) is 5.92 Å². The summed E-state index contributed by atoms with van der Waals surface area (Å²) in [5.74, 6) is 0.521. The van der Waals surface area contributed by atoms with E-state index in [4.69, 9.17) is 10.6 Å². The molecule has 8 nitrogen and oxygen atoms in total. The number of fused-ring (bicyclic) bond motifs is 1. The van der Waals surface area contributed by atoms with Crippen molar-refractivity contribution >= 4 is 29.4 Å². The molecule has 0 saturated carbocycles. The molecule has 8 heteroatoms. The fourth-order valence-corrected chi connectivity index (χ4v) is 3.57. The van der Waals surface area contributed by atoms with Crippen LogP contribution in [0.2, 0.25) is 0 Å². The number of hydrogen-bond donors (Lipinski definition) is 1. The molecule has 1 aromatic rings. The molecule has 29 heavy (non-hydrogen) atoms. The third kappa shape index (κ3) is 4.82. The van der Waals surface area contributed by atoms with Crippen LogP contribution in [0.25, 0.3) is 6.08 Å². The predicted molar refractivity (Wildman–Crippen MR) is 111 cm³/mol. The van der Waals surface area contributed by atoms with Crippen molar-refractivity contribution in [3.63, 3.8) is 0 Å². The molecular weight excluding hydrogens is 370 g/mol. The minimum atomic E-state index is -0.243. The number of carbonyl (C=O) groups is 2. The van der Waals surface area contributed by atoms with Crippen LogP contribution in [0.15, 0.2) is 22.8 Å². The molecule has 2 aliphatic heterocycles. The van der Waals surface area contributed by atoms with E-state index in [0.717, 1.165) is 25.9 Å². The average molecular weight is 399 g/mol. The van der Waals surface area contributed by atoms with Gasteiger partial charge in [-0.25, -0.2) is 10.1 Å². The summed E-state index contributed by atoms with van der Waals surface area (Å²) in [5.41, 5.74) is 8.04. The molecule has 1 fully saturated rings. The predicted octanol–water partition coefficient (Wildman–Crippen LogP) is 2.53. The highest BCUT2D eigenvalue weighted by Crippen LogP contribution is 2.28. The summed E-state index contributed by atoms with van der Waals surface area (Å²) in [6, 6.07) is 1.71. The summed E-state index contributed by atoms with van der Waals surface area (Å²) in [7, 11) is 0. The van der Waals surface area contributed by atoms with Gasteiger partial charge in [0.25, 0.3) is 11.8 Å². The molecular formula is C21H29N5O3. The third-order valence-corrected chi connectivity index (χ3v) is 5.01. The van der Waals surface area contributed by atoms with E-state index in [1.54, 1.807) is 18.3 Å². The van der Waals surface area contributed by atoms with Gasteiger partial charge in [0, 0.05) is 37.8 Å². The lowest BCUT2D eigenvalue weighted by molar-refractivity contribution is -0.180. The van der Waals surface area contributed by atoms with Crippen molar-refractivity contribution in [1.82, 2.24) is 14.9 Å². The van der Waals surface area contributed by atoms with Crippen molar-refractivity contribution in [3.05, 3.63) is 29.1 Å². The molecule has 0 aliphatic carbocycles. The Kier molecular flexibility index (Phi) is 6.64. The lowest BCUT2D eigenvalue weighted by Gasteiger charge is -2.21. The van der Waals surface area contributed by atoms with Gasteiger partial charge in [-0.2, -0.15) is 0 Å². The second kappa shape index (κ2) is 9.17. The second-order valence-electron chi connectivity index (χ2n) is 7.55. The summed E-state index contributed by atoms with van der Waals surface area (Å²) in [6.45, 7) is 8.36. The molecule has 3 heterocycles. The zero-order chi connectivity index (χ0) is 21.0. The number of rotatable bonds is 6. The highest BCUT2D eigenvalue weighted by Gasteiger charge is 2.26. The maximum absolute atomic E-state index is 12.9. The Labute approximate surface area is 171 Å². The van der Waals surface area contributed by atoms with Gasteiger partial charge in [-0.05, 0) is 37.8 Å². The van der Waals surface area contributed by atoms with Crippen LogP contribution in [0.4, 0.5) is 5.69 Å². The maximum atomic E-state index is 12.9. The van der Waals surface area contributed by atoms with Gasteiger partial charge in [0.15, 0.2) is 0 Å². The van der Waals surface area contributed by atoms with E-state index in [2.05, 4.69) is 16.9 Å². The lowest BCUT2D eigenvalue weighted by Crippen LogP contribution is -2.34. The first kappa shape index (κ1) is 21.0. The van der Waals surface area contributed by atoms with E-state index in [-0.39, 0.29) is 18.2 Å². The molecule has 2 aliphatic rings. The van der Waals surface area contributed by atoms with Crippen LogP contribution in [0.5, 0.6) is 0 Å². The van der Waals surface area contributed by atoms with Crippen molar-refractivity contribution in [2.45, 2.75) is 40.0 Å². The Morgan fingerprint density at radius 1 is 1.38 bits per heavy atom. The topological polar surface area (TPSA) is 101 Å². The number of hydrogen-bond acceptors (Lipinski definition) is 6. The first-order valence-electron chi connectivity index (χ1n) is 10.2. The summed E-state index contributed by atoms with van der Waals surface area (Å²) in [4.78, 5) is 41.8. The Hall–Kier alpha value is -2.74. The van der Waals surface area contributed by atoms with Crippen molar-refractivity contribution in [1.29, 1.82) is 0 Å². The van der Waals surface area contributed by atoms with Gasteiger partial charge in [-0.15, -0.1) is 0 Å². The summed E-state index contributed by atoms with van der Waals surface area (Å²) >= 11 is 0. The van der Waals surface area contributed by atoms with Gasteiger partial charge in [0.2, 0.25) is 0 Å². The van der Waals surface area contributed by atoms with Crippen molar-refractivity contribution in [2.24, 2.45) is 16.6 Å². The molecule has 0 radical (unpaired) electrons. The average Bonchev–Trinajstić information content (AvgIpc) is 3.05. The lowest BCUT2D eigenvalue weighted by atomic mass is 10.1. The van der Waals surface area contributed by atoms with E-state index in [1.807, 2.05) is 18.7 Å². The van der Waals surface area contributed by atoms with Crippen LogP contribution in [-0.4, -0.2) is 58.8 Å². The zero-order valence-electron chi connectivity index (χ0n) is 17.4. The number of nitrogens with two attached hydrogens (primary N) is 1. The second-order valence-corrected chi connectivity index (χ2v) is 7.55.